The second-order valence-electron chi connectivity index (χ2n) is 5.73. The normalized spacial score (nSPS) is 30.9. The first-order valence-electron chi connectivity index (χ1n) is 7.20. The minimum atomic E-state index is -0.0315. The van der Waals surface area contributed by atoms with Gasteiger partial charge in [0.05, 0.1) is 17.8 Å². The Hall–Kier alpha value is -1.42. The molecular formula is C15H21N3O. The van der Waals surface area contributed by atoms with Crippen molar-refractivity contribution in [3.05, 3.63) is 30.1 Å². The Balaban J connectivity index is 1.62. The van der Waals surface area contributed by atoms with Crippen LogP contribution in [0, 0.1) is 11.8 Å². The van der Waals surface area contributed by atoms with E-state index in [9.17, 15) is 4.79 Å². The summed E-state index contributed by atoms with van der Waals surface area (Å²) >= 11 is 0. The van der Waals surface area contributed by atoms with Gasteiger partial charge in [0.25, 0.3) is 0 Å². The lowest BCUT2D eigenvalue weighted by molar-refractivity contribution is -0.124. The SMILES string of the molecule is C[C@@H](NC(=O)C1NCC2CCCC21)c1ccccn1. The summed E-state index contributed by atoms with van der Waals surface area (Å²) in [4.78, 5) is 16.7. The number of amides is 1. The molecule has 2 heterocycles. The lowest BCUT2D eigenvalue weighted by atomic mass is 9.93. The van der Waals surface area contributed by atoms with E-state index in [1.807, 2.05) is 25.1 Å². The Morgan fingerprint density at radius 2 is 2.37 bits per heavy atom. The van der Waals surface area contributed by atoms with Crippen LogP contribution < -0.4 is 10.6 Å². The van der Waals surface area contributed by atoms with E-state index in [2.05, 4.69) is 15.6 Å². The molecule has 0 aromatic carbocycles. The molecule has 4 heteroatoms. The van der Waals surface area contributed by atoms with Crippen molar-refractivity contribution in [1.29, 1.82) is 0 Å². The highest BCUT2D eigenvalue weighted by atomic mass is 16.2. The van der Waals surface area contributed by atoms with Crippen LogP contribution in [0.5, 0.6) is 0 Å². The number of nitrogens with zero attached hydrogens (tertiary/aromatic N) is 1. The molecule has 1 aliphatic carbocycles. The fraction of sp³-hybridized carbons (Fsp3) is 0.600. The van der Waals surface area contributed by atoms with Crippen LogP contribution in [0.3, 0.4) is 0 Å². The van der Waals surface area contributed by atoms with Crippen molar-refractivity contribution in [3.8, 4) is 0 Å². The van der Waals surface area contributed by atoms with Crippen LogP contribution in [0.2, 0.25) is 0 Å². The van der Waals surface area contributed by atoms with Crippen LogP contribution in [0.1, 0.15) is 37.9 Å². The molecule has 102 valence electrons. The van der Waals surface area contributed by atoms with Crippen molar-refractivity contribution in [2.75, 3.05) is 6.54 Å². The van der Waals surface area contributed by atoms with E-state index in [1.165, 1.54) is 19.3 Å². The largest absolute Gasteiger partial charge is 0.347 e. The van der Waals surface area contributed by atoms with E-state index in [-0.39, 0.29) is 18.0 Å². The third kappa shape index (κ3) is 2.50. The van der Waals surface area contributed by atoms with E-state index in [1.54, 1.807) is 6.20 Å². The molecule has 19 heavy (non-hydrogen) atoms. The van der Waals surface area contributed by atoms with Crippen LogP contribution in [0.4, 0.5) is 0 Å². The summed E-state index contributed by atoms with van der Waals surface area (Å²) in [5, 5.41) is 6.47. The smallest absolute Gasteiger partial charge is 0.237 e. The van der Waals surface area contributed by atoms with Gasteiger partial charge in [-0.15, -0.1) is 0 Å². The number of nitrogens with one attached hydrogen (secondary N) is 2. The molecule has 1 aromatic heterocycles. The summed E-state index contributed by atoms with van der Waals surface area (Å²) in [6.07, 6.45) is 5.50. The number of pyridine rings is 1. The molecule has 0 spiro atoms. The Labute approximate surface area is 114 Å². The van der Waals surface area contributed by atoms with Crippen LogP contribution in [0.15, 0.2) is 24.4 Å². The molecule has 1 saturated heterocycles. The van der Waals surface area contributed by atoms with Gasteiger partial charge in [0, 0.05) is 6.20 Å². The van der Waals surface area contributed by atoms with E-state index < -0.39 is 0 Å². The first-order valence-corrected chi connectivity index (χ1v) is 7.20. The highest BCUT2D eigenvalue weighted by molar-refractivity contribution is 5.83. The van der Waals surface area contributed by atoms with Crippen LogP contribution >= 0.6 is 0 Å². The van der Waals surface area contributed by atoms with Gasteiger partial charge in [-0.1, -0.05) is 12.5 Å². The molecule has 2 aliphatic rings. The van der Waals surface area contributed by atoms with Crippen molar-refractivity contribution < 1.29 is 4.79 Å². The van der Waals surface area contributed by atoms with Crippen molar-refractivity contribution in [2.45, 2.75) is 38.3 Å². The molecule has 2 N–H and O–H groups in total. The lowest BCUT2D eigenvalue weighted by Gasteiger charge is -2.20. The second kappa shape index (κ2) is 5.29. The Morgan fingerprint density at radius 3 is 3.16 bits per heavy atom. The Kier molecular flexibility index (Phi) is 3.51. The van der Waals surface area contributed by atoms with E-state index in [4.69, 9.17) is 0 Å². The second-order valence-corrected chi connectivity index (χ2v) is 5.73. The zero-order valence-electron chi connectivity index (χ0n) is 11.3. The lowest BCUT2D eigenvalue weighted by Crippen LogP contribution is -2.44. The quantitative estimate of drug-likeness (QED) is 0.868. The number of aromatic nitrogens is 1. The molecule has 1 aromatic rings. The Bertz CT molecular complexity index is 448. The van der Waals surface area contributed by atoms with Gasteiger partial charge in [0.1, 0.15) is 0 Å². The zero-order valence-corrected chi connectivity index (χ0v) is 11.3. The number of carbonyl (C=O) groups is 1. The van der Waals surface area contributed by atoms with Crippen molar-refractivity contribution in [1.82, 2.24) is 15.6 Å². The molecular weight excluding hydrogens is 238 g/mol. The highest BCUT2D eigenvalue weighted by Crippen LogP contribution is 2.37. The van der Waals surface area contributed by atoms with E-state index >= 15 is 0 Å². The van der Waals surface area contributed by atoms with Gasteiger partial charge in [-0.25, -0.2) is 0 Å². The first-order chi connectivity index (χ1) is 9.25. The average Bonchev–Trinajstić information content (AvgIpc) is 3.01. The molecule has 3 rings (SSSR count). The van der Waals surface area contributed by atoms with Gasteiger partial charge < -0.3 is 10.6 Å². The third-order valence-electron chi connectivity index (χ3n) is 4.52. The molecule has 1 aliphatic heterocycles. The van der Waals surface area contributed by atoms with Gasteiger partial charge in [0.2, 0.25) is 5.91 Å². The maximum atomic E-state index is 12.4. The van der Waals surface area contributed by atoms with Gasteiger partial charge in [-0.05, 0) is 50.3 Å². The van der Waals surface area contributed by atoms with Crippen molar-refractivity contribution in [2.24, 2.45) is 11.8 Å². The molecule has 3 unspecified atom stereocenters. The number of hydrogen-bond acceptors (Lipinski definition) is 3. The fourth-order valence-corrected chi connectivity index (χ4v) is 3.48. The number of rotatable bonds is 3. The maximum Gasteiger partial charge on any atom is 0.237 e. The Morgan fingerprint density at radius 1 is 1.47 bits per heavy atom. The average molecular weight is 259 g/mol. The van der Waals surface area contributed by atoms with E-state index in [0.717, 1.165) is 12.2 Å². The first kappa shape index (κ1) is 12.6. The van der Waals surface area contributed by atoms with Gasteiger partial charge in [-0.3, -0.25) is 9.78 Å². The summed E-state index contributed by atoms with van der Waals surface area (Å²) in [5.41, 5.74) is 0.914. The predicted molar refractivity (Wildman–Crippen MR) is 73.4 cm³/mol. The summed E-state index contributed by atoms with van der Waals surface area (Å²) in [6, 6.07) is 5.76. The van der Waals surface area contributed by atoms with Gasteiger partial charge >= 0.3 is 0 Å². The standard InChI is InChI=1S/C15H21N3O/c1-10(13-7-2-3-8-16-13)18-15(19)14-12-6-4-5-11(12)9-17-14/h2-3,7-8,10-12,14,17H,4-6,9H2,1H3,(H,18,19)/t10-,11?,12?,14?/m1/s1. The minimum Gasteiger partial charge on any atom is -0.347 e. The number of hydrogen-bond donors (Lipinski definition) is 2. The summed E-state index contributed by atoms with van der Waals surface area (Å²) in [6.45, 7) is 2.99. The van der Waals surface area contributed by atoms with Gasteiger partial charge in [-0.2, -0.15) is 0 Å². The molecule has 2 fully saturated rings. The maximum absolute atomic E-state index is 12.4. The highest BCUT2D eigenvalue weighted by Gasteiger charge is 2.42. The predicted octanol–water partition coefficient (Wildman–Crippen LogP) is 1.65. The van der Waals surface area contributed by atoms with Crippen LogP contribution in [-0.2, 0) is 4.79 Å². The molecule has 1 saturated carbocycles. The van der Waals surface area contributed by atoms with E-state index in [0.29, 0.717) is 11.8 Å². The topological polar surface area (TPSA) is 54.0 Å². The summed E-state index contributed by atoms with van der Waals surface area (Å²) < 4.78 is 0. The van der Waals surface area contributed by atoms with Crippen molar-refractivity contribution >= 4 is 5.91 Å². The number of fused-ring (bicyclic) bond motifs is 1. The molecule has 0 radical (unpaired) electrons. The molecule has 4 nitrogen and oxygen atoms in total. The fourth-order valence-electron chi connectivity index (χ4n) is 3.48. The molecule has 0 bridgehead atoms. The zero-order chi connectivity index (χ0) is 13.2. The molecule has 1 amide bonds. The molecule has 4 atom stereocenters. The summed E-state index contributed by atoms with van der Waals surface area (Å²) in [7, 11) is 0. The van der Waals surface area contributed by atoms with Gasteiger partial charge in [0.15, 0.2) is 0 Å². The number of carbonyl (C=O) groups excluding carboxylic acids is 1. The van der Waals surface area contributed by atoms with Crippen LogP contribution in [-0.4, -0.2) is 23.5 Å². The minimum absolute atomic E-state index is 0.00124. The van der Waals surface area contributed by atoms with Crippen LogP contribution in [0.25, 0.3) is 0 Å². The van der Waals surface area contributed by atoms with Crippen molar-refractivity contribution in [3.63, 3.8) is 0 Å². The monoisotopic (exact) mass is 259 g/mol. The third-order valence-corrected chi connectivity index (χ3v) is 4.52. The summed E-state index contributed by atoms with van der Waals surface area (Å²) in [5.74, 6) is 1.38.